The van der Waals surface area contributed by atoms with Crippen molar-refractivity contribution in [2.75, 3.05) is 0 Å². The Morgan fingerprint density at radius 3 is 2.19 bits per heavy atom. The molecule has 0 fully saturated rings. The Labute approximate surface area is 391 Å². The maximum absolute atomic E-state index is 7.16. The number of para-hydroxylation sites is 2. The van der Waals surface area contributed by atoms with Crippen LogP contribution in [0.2, 0.25) is 0 Å². The molecular formula is C64H52N2O. The number of benzene rings is 9. The zero-order chi connectivity index (χ0) is 44.6. The highest BCUT2D eigenvalue weighted by atomic mass is 16.3. The Kier molecular flexibility index (Phi) is 9.60. The summed E-state index contributed by atoms with van der Waals surface area (Å²) in [7, 11) is 0. The number of allylic oxidation sites excluding steroid dienone is 1. The number of aryl methyl sites for hydroxylation is 1. The average molecular weight is 865 g/mol. The fourth-order valence-corrected chi connectivity index (χ4v) is 12.1. The largest absolute Gasteiger partial charge is 0.454 e. The molecule has 13 rings (SSSR count). The summed E-state index contributed by atoms with van der Waals surface area (Å²) in [5, 5.41) is 9.94. The van der Waals surface area contributed by atoms with E-state index in [4.69, 9.17) is 9.41 Å². The summed E-state index contributed by atoms with van der Waals surface area (Å²) >= 11 is 0. The van der Waals surface area contributed by atoms with Crippen LogP contribution in [0.3, 0.4) is 0 Å². The fourth-order valence-electron chi connectivity index (χ4n) is 12.1. The first kappa shape index (κ1) is 39.8. The molecule has 2 aromatic heterocycles. The molecule has 0 radical (unpaired) electrons. The number of hydrogen-bond donors (Lipinski definition) is 0. The highest BCUT2D eigenvalue weighted by Gasteiger charge is 2.35. The van der Waals surface area contributed by atoms with Crippen LogP contribution in [0.1, 0.15) is 79.3 Å². The number of nitrogens with zero attached hydrogens (tertiary/aromatic N) is 2. The first-order chi connectivity index (χ1) is 33.1. The van der Waals surface area contributed by atoms with E-state index in [1.807, 2.05) is 0 Å². The summed E-state index contributed by atoms with van der Waals surface area (Å²) in [4.78, 5) is 6.13. The van der Waals surface area contributed by atoms with E-state index < -0.39 is 0 Å². The van der Waals surface area contributed by atoms with Crippen molar-refractivity contribution < 1.29 is 4.42 Å². The zero-order valence-corrected chi connectivity index (χ0v) is 38.1. The van der Waals surface area contributed by atoms with Gasteiger partial charge in [0.25, 0.3) is 0 Å². The van der Waals surface area contributed by atoms with Gasteiger partial charge in [0.2, 0.25) is 0 Å². The van der Waals surface area contributed by atoms with Gasteiger partial charge in [0, 0.05) is 38.7 Å². The third-order valence-electron chi connectivity index (χ3n) is 15.4. The molecule has 3 heterocycles. The van der Waals surface area contributed by atoms with E-state index in [1.165, 1.54) is 88.0 Å². The molecule has 0 saturated heterocycles. The molecule has 4 atom stereocenters. The number of aromatic nitrogens is 1. The quantitative estimate of drug-likeness (QED) is 0.164. The highest BCUT2D eigenvalue weighted by Crippen LogP contribution is 2.47. The summed E-state index contributed by atoms with van der Waals surface area (Å²) < 4.78 is 9.60. The third kappa shape index (κ3) is 6.58. The van der Waals surface area contributed by atoms with E-state index in [9.17, 15) is 0 Å². The van der Waals surface area contributed by atoms with Gasteiger partial charge in [0.05, 0.1) is 22.8 Å². The van der Waals surface area contributed by atoms with Crippen molar-refractivity contribution in [1.29, 1.82) is 0 Å². The summed E-state index contributed by atoms with van der Waals surface area (Å²) in [5.41, 5.74) is 15.5. The monoisotopic (exact) mass is 864 g/mol. The standard InChI is InChI=1S/C64H52N2O/c1-3-49-51(48-32-34-52-47(37-48)31-28-43-17-9-10-20-50(43)52)33-25-40(2)62(44-29-26-42(27-30-44)41-15-5-4-6-16-41)65-63(49)55-35-36-58(64-61(55)54-22-12-14-24-60(54)67-64)66-57-23-13-11-21-53(57)56-38-45-18-7-8-19-46(45)39-59(56)66/h4-9,11-19,21-24,26-32,34-40,49,51,62H,3,10,20,25,33H2,1-2H3. The molecule has 1 aliphatic heterocycles. The van der Waals surface area contributed by atoms with Crippen molar-refractivity contribution in [3.63, 3.8) is 0 Å². The SMILES string of the molecule is CCC1C(c2ccc(-n3c4ccccc4c4cc5ccccc5cc43)c3oc4ccccc4c23)=NC(c2ccc(-c3ccccc3)cc2)C(C)CCC1c1ccc2c3c(ccc2c1)C=CCC3. The lowest BCUT2D eigenvalue weighted by Crippen LogP contribution is -2.28. The van der Waals surface area contributed by atoms with Crippen LogP contribution in [-0.4, -0.2) is 10.3 Å². The average Bonchev–Trinajstić information content (AvgIpc) is 3.93. The van der Waals surface area contributed by atoms with Crippen LogP contribution in [0.5, 0.6) is 0 Å². The molecule has 9 aromatic carbocycles. The molecule has 2 aliphatic rings. The third-order valence-corrected chi connectivity index (χ3v) is 15.4. The second-order valence-electron chi connectivity index (χ2n) is 19.2. The molecule has 3 heteroatoms. The molecule has 0 bridgehead atoms. The predicted molar refractivity (Wildman–Crippen MR) is 283 cm³/mol. The number of aliphatic imine (C=N–C) groups is 1. The van der Waals surface area contributed by atoms with Gasteiger partial charge in [-0.25, -0.2) is 0 Å². The van der Waals surface area contributed by atoms with Crippen molar-refractivity contribution >= 4 is 77.1 Å². The van der Waals surface area contributed by atoms with Gasteiger partial charge in [-0.1, -0.05) is 178 Å². The Hall–Kier alpha value is -7.49. The molecule has 0 spiro atoms. The Bertz CT molecular complexity index is 3770. The van der Waals surface area contributed by atoms with Gasteiger partial charge in [-0.2, -0.15) is 0 Å². The Morgan fingerprint density at radius 1 is 0.597 bits per heavy atom. The van der Waals surface area contributed by atoms with E-state index in [0.29, 0.717) is 5.92 Å². The van der Waals surface area contributed by atoms with Crippen LogP contribution < -0.4 is 0 Å². The molecule has 0 saturated carbocycles. The summed E-state index contributed by atoms with van der Waals surface area (Å²) in [6.07, 6.45) is 9.95. The lowest BCUT2D eigenvalue weighted by Gasteiger charge is -2.35. The van der Waals surface area contributed by atoms with Crippen LogP contribution in [0.15, 0.2) is 197 Å². The highest BCUT2D eigenvalue weighted by molar-refractivity contribution is 6.22. The second-order valence-corrected chi connectivity index (χ2v) is 19.2. The van der Waals surface area contributed by atoms with E-state index in [-0.39, 0.29) is 17.9 Å². The second kappa shape index (κ2) is 16.1. The first-order valence-electron chi connectivity index (χ1n) is 24.4. The van der Waals surface area contributed by atoms with E-state index in [2.05, 4.69) is 213 Å². The van der Waals surface area contributed by atoms with Gasteiger partial charge >= 0.3 is 0 Å². The number of rotatable bonds is 6. The molecule has 0 N–H and O–H groups in total. The minimum atomic E-state index is -0.00971. The first-order valence-corrected chi connectivity index (χ1v) is 24.4. The molecule has 67 heavy (non-hydrogen) atoms. The molecule has 11 aromatic rings. The predicted octanol–water partition coefficient (Wildman–Crippen LogP) is 17.4. The van der Waals surface area contributed by atoms with Gasteiger partial charge in [-0.15, -0.1) is 0 Å². The van der Waals surface area contributed by atoms with Crippen LogP contribution >= 0.6 is 0 Å². The summed E-state index contributed by atoms with van der Waals surface area (Å²) in [6.45, 7) is 4.81. The van der Waals surface area contributed by atoms with Gasteiger partial charge in [-0.3, -0.25) is 4.99 Å². The lowest BCUT2D eigenvalue weighted by molar-refractivity contribution is 0.362. The Balaban J connectivity index is 1.04. The van der Waals surface area contributed by atoms with Crippen LogP contribution in [0.25, 0.3) is 88.2 Å². The smallest absolute Gasteiger partial charge is 0.160 e. The van der Waals surface area contributed by atoms with Crippen molar-refractivity contribution in [3.8, 4) is 16.8 Å². The maximum atomic E-state index is 7.16. The summed E-state index contributed by atoms with van der Waals surface area (Å²) in [5.74, 6) is 0.769. The summed E-state index contributed by atoms with van der Waals surface area (Å²) in [6, 6.07) is 67.6. The lowest BCUT2D eigenvalue weighted by atomic mass is 9.72. The van der Waals surface area contributed by atoms with Gasteiger partial charge < -0.3 is 8.98 Å². The minimum absolute atomic E-state index is 0.00971. The topological polar surface area (TPSA) is 30.4 Å². The zero-order valence-electron chi connectivity index (χ0n) is 38.1. The van der Waals surface area contributed by atoms with Crippen LogP contribution in [-0.2, 0) is 6.42 Å². The van der Waals surface area contributed by atoms with Crippen LogP contribution in [0, 0.1) is 11.8 Å². The van der Waals surface area contributed by atoms with Gasteiger partial charge in [0.1, 0.15) is 5.58 Å². The molecule has 0 amide bonds. The van der Waals surface area contributed by atoms with Gasteiger partial charge in [0.15, 0.2) is 5.58 Å². The van der Waals surface area contributed by atoms with E-state index in [0.717, 1.165) is 59.7 Å². The van der Waals surface area contributed by atoms with E-state index in [1.54, 1.807) is 0 Å². The molecule has 3 nitrogen and oxygen atoms in total. The van der Waals surface area contributed by atoms with Crippen LogP contribution in [0.4, 0.5) is 0 Å². The Morgan fingerprint density at radius 2 is 1.34 bits per heavy atom. The molecule has 324 valence electrons. The van der Waals surface area contributed by atoms with Crippen molar-refractivity contribution in [2.45, 2.75) is 57.9 Å². The fraction of sp³-hybridized carbons (Fsp3) is 0.172. The molecule has 1 aliphatic carbocycles. The van der Waals surface area contributed by atoms with E-state index >= 15 is 0 Å². The minimum Gasteiger partial charge on any atom is -0.454 e. The number of furan rings is 1. The maximum Gasteiger partial charge on any atom is 0.160 e. The van der Waals surface area contributed by atoms with Crippen molar-refractivity contribution in [2.24, 2.45) is 16.8 Å². The number of fused-ring (bicyclic) bond motifs is 10. The number of hydrogen-bond acceptors (Lipinski definition) is 2. The van der Waals surface area contributed by atoms with Gasteiger partial charge in [-0.05, 0) is 129 Å². The molecule has 4 unspecified atom stereocenters. The van der Waals surface area contributed by atoms with Crippen molar-refractivity contribution in [1.82, 2.24) is 4.57 Å². The molecular weight excluding hydrogens is 813 g/mol. The van der Waals surface area contributed by atoms with Crippen molar-refractivity contribution in [3.05, 3.63) is 216 Å². The normalized spacial score (nSPS) is 18.7.